The molecule has 2 heterocycles. The highest BCUT2D eigenvalue weighted by atomic mass is 32.1. The first-order valence-corrected chi connectivity index (χ1v) is 14.0. The largest absolute Gasteiger partial charge is 0.459 e. The highest BCUT2D eigenvalue weighted by Crippen LogP contribution is 2.31. The molecule has 1 saturated heterocycles. The molecule has 0 saturated carbocycles. The lowest BCUT2D eigenvalue weighted by Crippen LogP contribution is -2.34. The quantitative estimate of drug-likeness (QED) is 0.203. The summed E-state index contributed by atoms with van der Waals surface area (Å²) < 4.78 is 5.02. The standard InChI is InChI=1S/C28H39NO7S/c1-2-3-4-8-23(31)19-9-11-21(12-10-19)29-20(13-16-27(29)34)6-5-7-22-14-15-26(37-22)28(35)36-18-25(33)24(32)17-30/h9-12,14-15,20,23-25,30-33H,2-8,13,16-18H2,1H3/t20-,23?,24?,25?/m0/s1. The Hall–Kier alpha value is -2.30. The van der Waals surface area contributed by atoms with Crippen molar-refractivity contribution >= 4 is 28.9 Å². The van der Waals surface area contributed by atoms with Gasteiger partial charge in [0.05, 0.1) is 12.7 Å². The number of thiophene rings is 1. The van der Waals surface area contributed by atoms with Crippen LogP contribution in [0.15, 0.2) is 36.4 Å². The molecule has 0 bridgehead atoms. The molecular weight excluding hydrogens is 494 g/mol. The molecule has 4 atom stereocenters. The van der Waals surface area contributed by atoms with Gasteiger partial charge in [-0.15, -0.1) is 11.3 Å². The monoisotopic (exact) mass is 533 g/mol. The normalized spacial score (nSPS) is 18.1. The van der Waals surface area contributed by atoms with E-state index < -0.39 is 37.5 Å². The topological polar surface area (TPSA) is 128 Å². The van der Waals surface area contributed by atoms with Crippen LogP contribution in [0.5, 0.6) is 0 Å². The zero-order chi connectivity index (χ0) is 26.8. The molecule has 204 valence electrons. The summed E-state index contributed by atoms with van der Waals surface area (Å²) in [6.45, 7) is 1.14. The van der Waals surface area contributed by atoms with Gasteiger partial charge in [0.25, 0.3) is 0 Å². The number of unbranched alkanes of at least 4 members (excludes halogenated alkanes) is 2. The summed E-state index contributed by atoms with van der Waals surface area (Å²) in [5, 5.41) is 38.2. The Balaban J connectivity index is 1.49. The predicted octanol–water partition coefficient (Wildman–Crippen LogP) is 3.75. The maximum atomic E-state index is 12.6. The average Bonchev–Trinajstić information content (AvgIpc) is 3.53. The number of ether oxygens (including phenoxy) is 1. The number of esters is 1. The van der Waals surface area contributed by atoms with Crippen molar-refractivity contribution in [2.24, 2.45) is 0 Å². The molecule has 0 aliphatic carbocycles. The Kier molecular flexibility index (Phi) is 11.5. The molecule has 37 heavy (non-hydrogen) atoms. The van der Waals surface area contributed by atoms with Crippen molar-refractivity contribution in [3.05, 3.63) is 51.7 Å². The number of aryl methyl sites for hydroxylation is 1. The van der Waals surface area contributed by atoms with E-state index >= 15 is 0 Å². The molecule has 1 amide bonds. The van der Waals surface area contributed by atoms with E-state index in [0.29, 0.717) is 11.3 Å². The lowest BCUT2D eigenvalue weighted by atomic mass is 10.0. The summed E-state index contributed by atoms with van der Waals surface area (Å²) in [6.07, 6.45) is 4.61. The molecule has 2 aromatic rings. The van der Waals surface area contributed by atoms with E-state index in [1.807, 2.05) is 35.2 Å². The van der Waals surface area contributed by atoms with Crippen LogP contribution in [0.3, 0.4) is 0 Å². The number of rotatable bonds is 15. The first-order valence-electron chi connectivity index (χ1n) is 13.2. The fourth-order valence-electron chi connectivity index (χ4n) is 4.58. The van der Waals surface area contributed by atoms with Gasteiger partial charge in [0.2, 0.25) is 5.91 Å². The molecule has 0 radical (unpaired) electrons. The maximum Gasteiger partial charge on any atom is 0.348 e. The summed E-state index contributed by atoms with van der Waals surface area (Å²) in [6, 6.07) is 11.4. The van der Waals surface area contributed by atoms with Gasteiger partial charge in [-0.2, -0.15) is 0 Å². The number of aliphatic hydroxyl groups is 4. The second-order valence-electron chi connectivity index (χ2n) is 9.63. The molecule has 4 N–H and O–H groups in total. The van der Waals surface area contributed by atoms with Crippen molar-refractivity contribution in [3.63, 3.8) is 0 Å². The van der Waals surface area contributed by atoms with Gasteiger partial charge in [-0.25, -0.2) is 4.79 Å². The molecule has 1 aliphatic rings. The minimum absolute atomic E-state index is 0.121. The summed E-state index contributed by atoms with van der Waals surface area (Å²) in [4.78, 5) is 28.2. The molecule has 0 spiro atoms. The molecule has 1 aromatic heterocycles. The van der Waals surface area contributed by atoms with Crippen LogP contribution in [0, 0.1) is 0 Å². The van der Waals surface area contributed by atoms with E-state index in [-0.39, 0.29) is 11.9 Å². The molecule has 3 unspecified atom stereocenters. The Morgan fingerprint density at radius 1 is 1.08 bits per heavy atom. The van der Waals surface area contributed by atoms with Crippen molar-refractivity contribution < 1.29 is 34.8 Å². The minimum Gasteiger partial charge on any atom is -0.459 e. The number of nitrogens with zero attached hydrogens (tertiary/aromatic N) is 1. The molecule has 8 nitrogen and oxygen atoms in total. The van der Waals surface area contributed by atoms with Gasteiger partial charge in [-0.3, -0.25) is 4.79 Å². The van der Waals surface area contributed by atoms with Gasteiger partial charge in [0.15, 0.2) is 0 Å². The van der Waals surface area contributed by atoms with Crippen LogP contribution in [0.1, 0.15) is 84.5 Å². The Labute approximate surface area is 222 Å². The molecule has 1 fully saturated rings. The van der Waals surface area contributed by atoms with E-state index in [1.54, 1.807) is 6.07 Å². The van der Waals surface area contributed by atoms with Crippen molar-refractivity contribution in [3.8, 4) is 0 Å². The van der Waals surface area contributed by atoms with Crippen LogP contribution in [0.4, 0.5) is 5.69 Å². The number of hydrogen-bond donors (Lipinski definition) is 4. The lowest BCUT2D eigenvalue weighted by molar-refractivity contribution is -0.117. The van der Waals surface area contributed by atoms with Gasteiger partial charge >= 0.3 is 5.97 Å². The van der Waals surface area contributed by atoms with E-state index in [2.05, 4.69) is 6.92 Å². The summed E-state index contributed by atoms with van der Waals surface area (Å²) in [5.41, 5.74) is 1.75. The van der Waals surface area contributed by atoms with Crippen LogP contribution in [0.2, 0.25) is 0 Å². The second kappa shape index (κ2) is 14.6. The summed E-state index contributed by atoms with van der Waals surface area (Å²) in [5.74, 6) is -0.456. The number of carbonyl (C=O) groups excluding carboxylic acids is 2. The fraction of sp³-hybridized carbons (Fsp3) is 0.571. The van der Waals surface area contributed by atoms with Crippen LogP contribution in [0.25, 0.3) is 0 Å². The minimum atomic E-state index is -1.35. The van der Waals surface area contributed by atoms with Gasteiger partial charge in [-0.1, -0.05) is 38.3 Å². The fourth-order valence-corrected chi connectivity index (χ4v) is 5.53. The van der Waals surface area contributed by atoms with Gasteiger partial charge in [0, 0.05) is 23.0 Å². The number of anilines is 1. The maximum absolute atomic E-state index is 12.6. The Bertz CT molecular complexity index is 993. The van der Waals surface area contributed by atoms with Gasteiger partial charge < -0.3 is 30.1 Å². The Morgan fingerprint density at radius 3 is 2.54 bits per heavy atom. The number of benzene rings is 1. The third-order valence-electron chi connectivity index (χ3n) is 6.80. The molecule has 3 rings (SSSR count). The first kappa shape index (κ1) is 29.3. The van der Waals surface area contributed by atoms with Crippen molar-refractivity contribution in [2.75, 3.05) is 18.1 Å². The number of aliphatic hydroxyl groups excluding tert-OH is 4. The predicted molar refractivity (Wildman–Crippen MR) is 143 cm³/mol. The van der Waals surface area contributed by atoms with Gasteiger partial charge in [-0.05, 0) is 61.9 Å². The molecule has 9 heteroatoms. The lowest BCUT2D eigenvalue weighted by Gasteiger charge is -2.25. The zero-order valence-corrected chi connectivity index (χ0v) is 22.2. The van der Waals surface area contributed by atoms with Crippen molar-refractivity contribution in [2.45, 2.75) is 89.1 Å². The second-order valence-corrected chi connectivity index (χ2v) is 10.8. The van der Waals surface area contributed by atoms with Crippen LogP contribution < -0.4 is 4.90 Å². The van der Waals surface area contributed by atoms with Crippen LogP contribution >= 0.6 is 11.3 Å². The SMILES string of the molecule is CCCCCC(O)c1ccc(N2C(=O)CC[C@@H]2CCCc2ccc(C(=O)OCC(O)C(O)CO)s2)cc1. The Morgan fingerprint density at radius 2 is 1.84 bits per heavy atom. The highest BCUT2D eigenvalue weighted by molar-refractivity contribution is 7.13. The van der Waals surface area contributed by atoms with E-state index in [0.717, 1.165) is 67.5 Å². The van der Waals surface area contributed by atoms with Crippen molar-refractivity contribution in [1.29, 1.82) is 0 Å². The molecular formula is C28H39NO7S. The van der Waals surface area contributed by atoms with Crippen molar-refractivity contribution in [1.82, 2.24) is 0 Å². The van der Waals surface area contributed by atoms with E-state index in [9.17, 15) is 24.9 Å². The molecule has 1 aliphatic heterocycles. The first-order chi connectivity index (χ1) is 17.8. The number of carbonyl (C=O) groups is 2. The average molecular weight is 534 g/mol. The summed E-state index contributed by atoms with van der Waals surface area (Å²) >= 11 is 1.33. The van der Waals surface area contributed by atoms with Gasteiger partial charge in [0.1, 0.15) is 23.7 Å². The zero-order valence-electron chi connectivity index (χ0n) is 21.4. The van der Waals surface area contributed by atoms with Crippen LogP contribution in [-0.2, 0) is 16.0 Å². The van der Waals surface area contributed by atoms with E-state index in [4.69, 9.17) is 9.84 Å². The van der Waals surface area contributed by atoms with E-state index in [1.165, 1.54) is 11.3 Å². The summed E-state index contributed by atoms with van der Waals surface area (Å²) in [7, 11) is 0. The number of hydrogen-bond acceptors (Lipinski definition) is 8. The number of amides is 1. The smallest absolute Gasteiger partial charge is 0.348 e. The molecule has 1 aromatic carbocycles. The third-order valence-corrected chi connectivity index (χ3v) is 7.93. The third kappa shape index (κ3) is 8.35. The highest BCUT2D eigenvalue weighted by Gasteiger charge is 2.31. The van der Waals surface area contributed by atoms with Crippen LogP contribution in [-0.4, -0.2) is 63.8 Å².